The van der Waals surface area contributed by atoms with Crippen molar-refractivity contribution < 1.29 is 23.8 Å². The summed E-state index contributed by atoms with van der Waals surface area (Å²) in [5, 5.41) is 3.00. The number of carbonyl (C=O) groups excluding carboxylic acids is 2. The zero-order chi connectivity index (χ0) is 26.3. The summed E-state index contributed by atoms with van der Waals surface area (Å²) in [6, 6.07) is 25.7. The van der Waals surface area contributed by atoms with E-state index in [9.17, 15) is 9.59 Å². The van der Waals surface area contributed by atoms with Gasteiger partial charge in [0.2, 0.25) is 5.91 Å². The summed E-state index contributed by atoms with van der Waals surface area (Å²) in [6.45, 7) is 3.69. The van der Waals surface area contributed by atoms with E-state index in [0.29, 0.717) is 38.3 Å². The number of benzene rings is 3. The number of methoxy groups -OCH3 is 1. The minimum atomic E-state index is -0.719. The number of ether oxygens (including phenoxy) is 3. The predicted molar refractivity (Wildman–Crippen MR) is 144 cm³/mol. The summed E-state index contributed by atoms with van der Waals surface area (Å²) in [5.41, 5.74) is 1.85. The molecule has 2 amide bonds. The quantitative estimate of drug-likeness (QED) is 0.313. The van der Waals surface area contributed by atoms with Gasteiger partial charge in [-0.25, -0.2) is 0 Å². The normalized spacial score (nSPS) is 11.4. The van der Waals surface area contributed by atoms with Crippen molar-refractivity contribution in [2.45, 2.75) is 32.4 Å². The molecule has 0 heterocycles. The lowest BCUT2D eigenvalue weighted by Crippen LogP contribution is -2.51. The first-order chi connectivity index (χ1) is 18.1. The summed E-state index contributed by atoms with van der Waals surface area (Å²) in [6.07, 6.45) is 1.08. The molecule has 0 aliphatic carbocycles. The van der Waals surface area contributed by atoms with Gasteiger partial charge in [0.1, 0.15) is 17.5 Å². The van der Waals surface area contributed by atoms with Crippen LogP contribution in [0.5, 0.6) is 11.5 Å². The fraction of sp³-hybridized carbons (Fsp3) is 0.333. The van der Waals surface area contributed by atoms with Crippen LogP contribution in [-0.2, 0) is 27.3 Å². The molecule has 37 heavy (non-hydrogen) atoms. The van der Waals surface area contributed by atoms with Crippen LogP contribution in [0.4, 0.5) is 0 Å². The maximum Gasteiger partial charge on any atom is 0.261 e. The highest BCUT2D eigenvalue weighted by atomic mass is 16.5. The van der Waals surface area contributed by atoms with Crippen molar-refractivity contribution in [3.05, 3.63) is 96.1 Å². The molecule has 0 bridgehead atoms. The van der Waals surface area contributed by atoms with Crippen molar-refractivity contribution in [1.29, 1.82) is 0 Å². The third kappa shape index (κ3) is 9.28. The average Bonchev–Trinajstić information content (AvgIpc) is 2.94. The highest BCUT2D eigenvalue weighted by molar-refractivity contribution is 5.88. The maximum atomic E-state index is 13.6. The maximum absolute atomic E-state index is 13.6. The van der Waals surface area contributed by atoms with E-state index in [1.54, 1.807) is 24.1 Å². The Balaban J connectivity index is 1.84. The first-order valence-corrected chi connectivity index (χ1v) is 12.6. The Bertz CT molecular complexity index is 1070. The van der Waals surface area contributed by atoms with Gasteiger partial charge in [-0.15, -0.1) is 0 Å². The van der Waals surface area contributed by atoms with Crippen LogP contribution in [0.15, 0.2) is 84.9 Å². The van der Waals surface area contributed by atoms with E-state index in [-0.39, 0.29) is 25.0 Å². The van der Waals surface area contributed by atoms with Gasteiger partial charge in [-0.2, -0.15) is 0 Å². The Morgan fingerprint density at radius 1 is 0.865 bits per heavy atom. The number of nitrogens with one attached hydrogen (secondary N) is 1. The fourth-order valence-corrected chi connectivity index (χ4v) is 3.87. The lowest BCUT2D eigenvalue weighted by Gasteiger charge is -2.31. The highest BCUT2D eigenvalue weighted by Gasteiger charge is 2.30. The predicted octanol–water partition coefficient (Wildman–Crippen LogP) is 4.26. The second kappa shape index (κ2) is 15.3. The van der Waals surface area contributed by atoms with Gasteiger partial charge in [-0.3, -0.25) is 9.59 Å². The number of carbonyl (C=O) groups is 2. The van der Waals surface area contributed by atoms with Gasteiger partial charge in [0.15, 0.2) is 6.61 Å². The largest absolute Gasteiger partial charge is 0.497 e. The lowest BCUT2D eigenvalue weighted by atomic mass is 10.0. The van der Waals surface area contributed by atoms with E-state index in [0.717, 1.165) is 16.9 Å². The molecule has 3 aromatic rings. The van der Waals surface area contributed by atoms with E-state index in [4.69, 9.17) is 14.2 Å². The van der Waals surface area contributed by atoms with E-state index in [1.807, 2.05) is 79.7 Å². The Labute approximate surface area is 219 Å². The minimum Gasteiger partial charge on any atom is -0.497 e. The third-order valence-electron chi connectivity index (χ3n) is 5.86. The zero-order valence-electron chi connectivity index (χ0n) is 21.6. The molecule has 7 nitrogen and oxygen atoms in total. The number of hydrogen-bond acceptors (Lipinski definition) is 5. The van der Waals surface area contributed by atoms with E-state index in [1.165, 1.54) is 0 Å². The molecule has 7 heteroatoms. The number of hydrogen-bond donors (Lipinski definition) is 1. The lowest BCUT2D eigenvalue weighted by molar-refractivity contribution is -0.142. The molecule has 0 aliphatic heterocycles. The van der Waals surface area contributed by atoms with Crippen LogP contribution in [0.1, 0.15) is 24.5 Å². The summed E-state index contributed by atoms with van der Waals surface area (Å²) < 4.78 is 16.4. The summed E-state index contributed by atoms with van der Waals surface area (Å²) >= 11 is 0. The number of amides is 2. The van der Waals surface area contributed by atoms with Gasteiger partial charge in [0.05, 0.1) is 7.11 Å². The molecular formula is C30H36N2O5. The van der Waals surface area contributed by atoms with E-state index < -0.39 is 6.04 Å². The van der Waals surface area contributed by atoms with Crippen LogP contribution >= 0.6 is 0 Å². The molecule has 0 saturated carbocycles. The van der Waals surface area contributed by atoms with Crippen molar-refractivity contribution >= 4 is 11.8 Å². The standard InChI is InChI=1S/C30H36N2O5/c1-3-36-20-10-19-31-30(34)28(21-24-11-6-4-7-12-24)32(22-25-15-17-26(35-2)18-16-25)29(33)23-37-27-13-8-5-9-14-27/h4-9,11-18,28H,3,10,19-23H2,1-2H3,(H,31,34)/t28-/m0/s1. The van der Waals surface area contributed by atoms with Crippen LogP contribution in [0.2, 0.25) is 0 Å². The van der Waals surface area contributed by atoms with Crippen molar-refractivity contribution in [1.82, 2.24) is 10.2 Å². The SMILES string of the molecule is CCOCCCNC(=O)[C@H](Cc1ccccc1)N(Cc1ccc(OC)cc1)C(=O)COc1ccccc1. The minimum absolute atomic E-state index is 0.178. The van der Waals surface area contributed by atoms with Gasteiger partial charge >= 0.3 is 0 Å². The number of para-hydroxylation sites is 1. The Morgan fingerprint density at radius 3 is 2.19 bits per heavy atom. The van der Waals surface area contributed by atoms with Crippen LogP contribution in [0, 0.1) is 0 Å². The second-order valence-corrected chi connectivity index (χ2v) is 8.52. The summed E-state index contributed by atoms with van der Waals surface area (Å²) in [5.74, 6) is 0.842. The number of rotatable bonds is 15. The molecule has 3 rings (SSSR count). The van der Waals surface area contributed by atoms with Gasteiger partial charge < -0.3 is 24.4 Å². The molecule has 0 unspecified atom stereocenters. The van der Waals surface area contributed by atoms with Gasteiger partial charge in [-0.05, 0) is 48.7 Å². The first-order valence-electron chi connectivity index (χ1n) is 12.6. The zero-order valence-corrected chi connectivity index (χ0v) is 21.6. The molecule has 196 valence electrons. The molecule has 1 atom stereocenters. The molecule has 0 aromatic heterocycles. The van der Waals surface area contributed by atoms with Crippen molar-refractivity contribution in [2.75, 3.05) is 33.5 Å². The fourth-order valence-electron chi connectivity index (χ4n) is 3.87. The van der Waals surface area contributed by atoms with Gasteiger partial charge in [-0.1, -0.05) is 60.7 Å². The molecule has 1 N–H and O–H groups in total. The number of nitrogens with zero attached hydrogens (tertiary/aromatic N) is 1. The van der Waals surface area contributed by atoms with E-state index in [2.05, 4.69) is 5.32 Å². The van der Waals surface area contributed by atoms with Crippen LogP contribution < -0.4 is 14.8 Å². The molecule has 0 spiro atoms. The van der Waals surface area contributed by atoms with Crippen molar-refractivity contribution in [2.24, 2.45) is 0 Å². The van der Waals surface area contributed by atoms with Gasteiger partial charge in [0, 0.05) is 32.7 Å². The van der Waals surface area contributed by atoms with Crippen molar-refractivity contribution in [3.8, 4) is 11.5 Å². The summed E-state index contributed by atoms with van der Waals surface area (Å²) in [4.78, 5) is 28.7. The first kappa shape index (κ1) is 27.7. The second-order valence-electron chi connectivity index (χ2n) is 8.52. The Kier molecular flexibility index (Phi) is 11.5. The average molecular weight is 505 g/mol. The highest BCUT2D eigenvalue weighted by Crippen LogP contribution is 2.18. The summed E-state index contributed by atoms with van der Waals surface area (Å²) in [7, 11) is 1.61. The van der Waals surface area contributed by atoms with Crippen LogP contribution in [0.25, 0.3) is 0 Å². The Morgan fingerprint density at radius 2 is 1.54 bits per heavy atom. The smallest absolute Gasteiger partial charge is 0.261 e. The third-order valence-corrected chi connectivity index (χ3v) is 5.86. The van der Waals surface area contributed by atoms with Crippen LogP contribution in [0.3, 0.4) is 0 Å². The molecule has 3 aromatic carbocycles. The topological polar surface area (TPSA) is 77.1 Å². The van der Waals surface area contributed by atoms with Crippen LogP contribution in [-0.4, -0.2) is 56.2 Å². The molecule has 0 fully saturated rings. The monoisotopic (exact) mass is 504 g/mol. The van der Waals surface area contributed by atoms with E-state index >= 15 is 0 Å². The molecule has 0 saturated heterocycles. The Hall–Kier alpha value is -3.84. The molecule has 0 aliphatic rings. The molecule has 0 radical (unpaired) electrons. The molecular weight excluding hydrogens is 468 g/mol. The van der Waals surface area contributed by atoms with Crippen molar-refractivity contribution in [3.63, 3.8) is 0 Å². The van der Waals surface area contributed by atoms with Gasteiger partial charge in [0.25, 0.3) is 5.91 Å².